The first-order chi connectivity index (χ1) is 7.16. The number of pyridine rings is 1. The third-order valence-corrected chi connectivity index (χ3v) is 2.48. The van der Waals surface area contributed by atoms with Gasteiger partial charge in [-0.3, -0.25) is 4.79 Å². The highest BCUT2D eigenvalue weighted by atomic mass is 16.3. The Labute approximate surface area is 86.5 Å². The van der Waals surface area contributed by atoms with Gasteiger partial charge in [0.05, 0.1) is 11.2 Å². The van der Waals surface area contributed by atoms with Crippen molar-refractivity contribution in [1.29, 1.82) is 0 Å². The van der Waals surface area contributed by atoms with E-state index < -0.39 is 0 Å². The summed E-state index contributed by atoms with van der Waals surface area (Å²) in [5, 5.41) is 2.98. The Morgan fingerprint density at radius 2 is 2.13 bits per heavy atom. The van der Waals surface area contributed by atoms with Gasteiger partial charge in [-0.15, -0.1) is 4.91 Å². The summed E-state index contributed by atoms with van der Waals surface area (Å²) >= 11 is 0. The van der Waals surface area contributed by atoms with Gasteiger partial charge in [-0.25, -0.2) is 0 Å². The van der Waals surface area contributed by atoms with E-state index in [4.69, 9.17) is 0 Å². The largest absolute Gasteiger partial charge is 0.311 e. The summed E-state index contributed by atoms with van der Waals surface area (Å²) in [4.78, 5) is 22.1. The maximum atomic E-state index is 11.4. The monoisotopic (exact) mass is 202 g/mol. The first kappa shape index (κ1) is 9.58. The molecular weight excluding hydrogens is 192 g/mol. The molecule has 0 N–H and O–H groups in total. The Balaban J connectivity index is 2.97. The van der Waals surface area contributed by atoms with Crippen molar-refractivity contribution in [1.82, 2.24) is 4.40 Å². The van der Waals surface area contributed by atoms with Gasteiger partial charge >= 0.3 is 0 Å². The Bertz CT molecular complexity index is 555. The van der Waals surface area contributed by atoms with Crippen molar-refractivity contribution in [3.8, 4) is 0 Å². The molecule has 0 aliphatic carbocycles. The average Bonchev–Trinajstić information content (AvgIpc) is 2.49. The molecule has 0 atom stereocenters. The summed E-state index contributed by atoms with van der Waals surface area (Å²) in [6, 6.07) is 5.40. The van der Waals surface area contributed by atoms with E-state index in [1.807, 2.05) is 12.1 Å². The fraction of sp³-hybridized carbons (Fsp3) is 0.182. The summed E-state index contributed by atoms with van der Waals surface area (Å²) in [7, 11) is 0. The van der Waals surface area contributed by atoms with E-state index in [1.165, 1.54) is 6.92 Å². The molecule has 15 heavy (non-hydrogen) atoms. The summed E-state index contributed by atoms with van der Waals surface area (Å²) < 4.78 is 1.70. The van der Waals surface area contributed by atoms with E-state index in [1.54, 1.807) is 23.6 Å². The number of hydrogen-bond acceptors (Lipinski definition) is 3. The maximum Gasteiger partial charge on any atom is 0.176 e. The molecule has 0 aliphatic rings. The molecule has 2 aromatic rings. The molecule has 0 fully saturated rings. The first-order valence-electron chi connectivity index (χ1n) is 4.60. The molecule has 0 radical (unpaired) electrons. The second kappa shape index (κ2) is 3.31. The van der Waals surface area contributed by atoms with Gasteiger partial charge in [0.25, 0.3) is 0 Å². The fourth-order valence-corrected chi connectivity index (χ4v) is 1.86. The van der Waals surface area contributed by atoms with Crippen LogP contribution in [0.4, 0.5) is 5.69 Å². The van der Waals surface area contributed by atoms with Crippen molar-refractivity contribution in [3.63, 3.8) is 0 Å². The van der Waals surface area contributed by atoms with Crippen LogP contribution in [0.25, 0.3) is 5.52 Å². The number of fused-ring (bicyclic) bond motifs is 1. The van der Waals surface area contributed by atoms with Crippen molar-refractivity contribution >= 4 is 17.0 Å². The van der Waals surface area contributed by atoms with Gasteiger partial charge in [0.2, 0.25) is 0 Å². The Morgan fingerprint density at radius 1 is 1.40 bits per heavy atom. The molecule has 2 rings (SSSR count). The molecule has 0 saturated heterocycles. The van der Waals surface area contributed by atoms with Gasteiger partial charge in [-0.1, -0.05) is 6.07 Å². The molecule has 0 spiro atoms. The third-order valence-electron chi connectivity index (χ3n) is 2.48. The molecule has 0 aliphatic heterocycles. The predicted octanol–water partition coefficient (Wildman–Crippen LogP) is 2.85. The number of nitroso groups, excluding NO2 is 1. The van der Waals surface area contributed by atoms with Gasteiger partial charge in [0.1, 0.15) is 5.69 Å². The Kier molecular flexibility index (Phi) is 2.11. The van der Waals surface area contributed by atoms with E-state index >= 15 is 0 Å². The van der Waals surface area contributed by atoms with Crippen LogP contribution < -0.4 is 0 Å². The van der Waals surface area contributed by atoms with Crippen LogP contribution >= 0.6 is 0 Å². The Hall–Kier alpha value is -1.97. The second-order valence-electron chi connectivity index (χ2n) is 3.43. The summed E-state index contributed by atoms with van der Waals surface area (Å²) in [6.45, 7) is 3.22. The van der Waals surface area contributed by atoms with Crippen molar-refractivity contribution in [2.45, 2.75) is 13.8 Å². The SMILES string of the molecule is CC(=O)c1c(C)c(N=O)c2ccccn12. The highest BCUT2D eigenvalue weighted by Gasteiger charge is 2.17. The summed E-state index contributed by atoms with van der Waals surface area (Å²) in [6.07, 6.45) is 1.76. The smallest absolute Gasteiger partial charge is 0.176 e. The average molecular weight is 202 g/mol. The van der Waals surface area contributed by atoms with E-state index in [9.17, 15) is 9.70 Å². The number of rotatable bonds is 2. The van der Waals surface area contributed by atoms with Crippen LogP contribution in [0.5, 0.6) is 0 Å². The number of ketones is 1. The van der Waals surface area contributed by atoms with Gasteiger partial charge in [0.15, 0.2) is 5.78 Å². The molecule has 0 bridgehead atoms. The highest BCUT2D eigenvalue weighted by Crippen LogP contribution is 2.30. The third kappa shape index (κ3) is 1.26. The quantitative estimate of drug-likeness (QED) is 0.555. The lowest BCUT2D eigenvalue weighted by Gasteiger charge is -1.97. The number of nitrogens with zero attached hydrogens (tertiary/aromatic N) is 2. The van der Waals surface area contributed by atoms with Gasteiger partial charge in [-0.2, -0.15) is 0 Å². The summed E-state index contributed by atoms with van der Waals surface area (Å²) in [5.41, 5.74) is 2.19. The number of carbonyl (C=O) groups excluding carboxylic acids is 1. The first-order valence-corrected chi connectivity index (χ1v) is 4.60. The zero-order valence-corrected chi connectivity index (χ0v) is 8.52. The molecule has 76 valence electrons. The number of Topliss-reactive ketones (excluding diaryl/α,β-unsaturated/α-hetero) is 1. The maximum absolute atomic E-state index is 11.4. The van der Waals surface area contributed by atoms with Gasteiger partial charge < -0.3 is 4.40 Å². The number of aromatic nitrogens is 1. The van der Waals surface area contributed by atoms with E-state index in [2.05, 4.69) is 5.18 Å². The second-order valence-corrected chi connectivity index (χ2v) is 3.43. The van der Waals surface area contributed by atoms with Crippen molar-refractivity contribution in [2.24, 2.45) is 5.18 Å². The van der Waals surface area contributed by atoms with Crippen LogP contribution in [0.1, 0.15) is 23.0 Å². The molecule has 0 amide bonds. The zero-order valence-electron chi connectivity index (χ0n) is 8.52. The van der Waals surface area contributed by atoms with Gasteiger partial charge in [0, 0.05) is 18.7 Å². The standard InChI is InChI=1S/C11H10N2O2/c1-7-10(12-15)9-5-3-4-6-13(9)11(7)8(2)14/h3-6H,1-2H3. The van der Waals surface area contributed by atoms with Crippen LogP contribution in [-0.2, 0) is 0 Å². The van der Waals surface area contributed by atoms with E-state index in [0.29, 0.717) is 22.5 Å². The zero-order chi connectivity index (χ0) is 11.0. The van der Waals surface area contributed by atoms with Crippen molar-refractivity contribution in [2.75, 3.05) is 0 Å². The highest BCUT2D eigenvalue weighted by molar-refractivity contribution is 5.98. The lowest BCUT2D eigenvalue weighted by atomic mass is 10.2. The van der Waals surface area contributed by atoms with Crippen molar-refractivity contribution in [3.05, 3.63) is 40.6 Å². The predicted molar refractivity (Wildman–Crippen MR) is 57.6 cm³/mol. The van der Waals surface area contributed by atoms with Crippen LogP contribution in [0.2, 0.25) is 0 Å². The molecule has 0 unspecified atom stereocenters. The van der Waals surface area contributed by atoms with E-state index in [0.717, 1.165) is 0 Å². The van der Waals surface area contributed by atoms with E-state index in [-0.39, 0.29) is 5.78 Å². The van der Waals surface area contributed by atoms with Crippen LogP contribution in [0, 0.1) is 11.8 Å². The van der Waals surface area contributed by atoms with Crippen LogP contribution in [0.3, 0.4) is 0 Å². The fourth-order valence-electron chi connectivity index (χ4n) is 1.86. The van der Waals surface area contributed by atoms with Gasteiger partial charge in [-0.05, 0) is 24.2 Å². The number of hydrogen-bond donors (Lipinski definition) is 0. The topological polar surface area (TPSA) is 50.9 Å². The molecule has 0 aromatic carbocycles. The molecule has 0 saturated carbocycles. The summed E-state index contributed by atoms with van der Waals surface area (Å²) in [5.74, 6) is -0.0661. The Morgan fingerprint density at radius 3 is 2.73 bits per heavy atom. The normalized spacial score (nSPS) is 10.5. The number of carbonyl (C=O) groups is 1. The molecule has 2 heterocycles. The minimum atomic E-state index is -0.0661. The molecule has 4 nitrogen and oxygen atoms in total. The molecule has 4 heteroatoms. The minimum absolute atomic E-state index is 0.0661. The van der Waals surface area contributed by atoms with Crippen LogP contribution in [-0.4, -0.2) is 10.2 Å². The van der Waals surface area contributed by atoms with Crippen molar-refractivity contribution < 1.29 is 4.79 Å². The molecule has 2 aromatic heterocycles. The minimum Gasteiger partial charge on any atom is -0.311 e. The lowest BCUT2D eigenvalue weighted by Crippen LogP contribution is -1.99. The lowest BCUT2D eigenvalue weighted by molar-refractivity contribution is 0.101. The molecular formula is C11H10N2O2. The van der Waals surface area contributed by atoms with Crippen LogP contribution in [0.15, 0.2) is 29.6 Å².